The van der Waals surface area contributed by atoms with Gasteiger partial charge in [0.05, 0.1) is 13.7 Å². The molecule has 0 amide bonds. The van der Waals surface area contributed by atoms with E-state index in [1.807, 2.05) is 13.1 Å². The highest BCUT2D eigenvalue weighted by Gasteiger charge is 2.43. The van der Waals surface area contributed by atoms with Gasteiger partial charge in [0.2, 0.25) is 5.88 Å². The highest BCUT2D eigenvalue weighted by atomic mass is 35.5. The Labute approximate surface area is 186 Å². The molecule has 166 valence electrons. The number of ether oxygens (including phenoxy) is 2. The van der Waals surface area contributed by atoms with Crippen LogP contribution in [0, 0.1) is 12.3 Å². The van der Waals surface area contributed by atoms with Gasteiger partial charge in [-0.25, -0.2) is 4.98 Å². The number of hydrogen-bond donors (Lipinski definition) is 0. The first-order valence-electron chi connectivity index (χ1n) is 10.5. The molecule has 2 aromatic rings. The highest BCUT2D eigenvalue weighted by molar-refractivity contribution is 5.85. The molecule has 1 aliphatic heterocycles. The Balaban J connectivity index is 0.00000320. The Bertz CT molecular complexity index is 800. The summed E-state index contributed by atoms with van der Waals surface area (Å²) in [5.74, 6) is 1.45. The van der Waals surface area contributed by atoms with E-state index >= 15 is 0 Å². The zero-order chi connectivity index (χ0) is 20.9. The van der Waals surface area contributed by atoms with Crippen molar-refractivity contribution >= 4 is 12.4 Å². The minimum Gasteiger partial charge on any atom is -0.481 e. The van der Waals surface area contributed by atoms with E-state index in [2.05, 4.69) is 52.8 Å². The van der Waals surface area contributed by atoms with Crippen molar-refractivity contribution in [3.8, 4) is 5.88 Å². The van der Waals surface area contributed by atoms with Crippen molar-refractivity contribution in [1.29, 1.82) is 0 Å². The molecule has 0 aliphatic carbocycles. The Kier molecular flexibility index (Phi) is 8.59. The molecule has 3 rings (SSSR count). The summed E-state index contributed by atoms with van der Waals surface area (Å²) >= 11 is 0. The lowest BCUT2D eigenvalue weighted by Gasteiger charge is -2.38. The molecule has 0 aromatic carbocycles. The predicted molar refractivity (Wildman–Crippen MR) is 121 cm³/mol. The zero-order valence-electron chi connectivity index (χ0n) is 18.9. The van der Waals surface area contributed by atoms with Crippen LogP contribution in [0.3, 0.4) is 0 Å². The van der Waals surface area contributed by atoms with Crippen LogP contribution in [0.15, 0.2) is 30.6 Å². The second kappa shape index (κ2) is 10.5. The van der Waals surface area contributed by atoms with E-state index in [9.17, 15) is 0 Å². The minimum absolute atomic E-state index is 0. The number of methoxy groups -OCH3 is 1. The maximum atomic E-state index is 5.93. The third kappa shape index (κ3) is 5.68. The summed E-state index contributed by atoms with van der Waals surface area (Å²) in [6.07, 6.45) is 6.72. The normalized spacial score (nSPS) is 19.5. The monoisotopic (exact) mass is 434 g/mol. The van der Waals surface area contributed by atoms with E-state index in [4.69, 9.17) is 9.47 Å². The Morgan fingerprint density at radius 2 is 2.00 bits per heavy atom. The van der Waals surface area contributed by atoms with E-state index in [0.717, 1.165) is 57.1 Å². The van der Waals surface area contributed by atoms with Crippen molar-refractivity contribution in [1.82, 2.24) is 19.9 Å². The fourth-order valence-electron chi connectivity index (χ4n) is 4.13. The zero-order valence-corrected chi connectivity index (χ0v) is 19.7. The molecule has 7 heteroatoms. The summed E-state index contributed by atoms with van der Waals surface area (Å²) < 4.78 is 11.2. The number of nitrogens with zero attached hydrogens (tertiary/aromatic N) is 4. The summed E-state index contributed by atoms with van der Waals surface area (Å²) in [6, 6.07) is 6.09. The van der Waals surface area contributed by atoms with Gasteiger partial charge in [-0.15, -0.1) is 12.4 Å². The van der Waals surface area contributed by atoms with Crippen LogP contribution in [0.5, 0.6) is 5.88 Å². The molecule has 1 fully saturated rings. The third-order valence-corrected chi connectivity index (χ3v) is 6.23. The molecular formula is C23H35ClN4O2. The van der Waals surface area contributed by atoms with Crippen molar-refractivity contribution < 1.29 is 9.47 Å². The van der Waals surface area contributed by atoms with Crippen molar-refractivity contribution in [2.75, 3.05) is 33.4 Å². The molecule has 1 atom stereocenters. The first-order valence-corrected chi connectivity index (χ1v) is 10.5. The molecule has 6 nitrogen and oxygen atoms in total. The number of halogens is 1. The average Bonchev–Trinajstić information content (AvgIpc) is 3.17. The smallest absolute Gasteiger partial charge is 0.216 e. The van der Waals surface area contributed by atoms with E-state index < -0.39 is 0 Å². The van der Waals surface area contributed by atoms with Gasteiger partial charge in [0.25, 0.3) is 0 Å². The third-order valence-electron chi connectivity index (χ3n) is 6.23. The first-order chi connectivity index (χ1) is 13.9. The molecule has 1 saturated heterocycles. The van der Waals surface area contributed by atoms with E-state index in [-0.39, 0.29) is 23.4 Å². The van der Waals surface area contributed by atoms with Crippen LogP contribution < -0.4 is 4.74 Å². The lowest BCUT2D eigenvalue weighted by Crippen LogP contribution is -2.42. The molecule has 0 N–H and O–H groups in total. The molecule has 2 aromatic heterocycles. The molecule has 0 radical (unpaired) electrons. The maximum absolute atomic E-state index is 5.93. The highest BCUT2D eigenvalue weighted by Crippen LogP contribution is 2.41. The average molecular weight is 435 g/mol. The van der Waals surface area contributed by atoms with Crippen molar-refractivity contribution in [3.05, 3.63) is 47.7 Å². The first kappa shape index (κ1) is 24.5. The van der Waals surface area contributed by atoms with E-state index in [1.165, 1.54) is 5.56 Å². The van der Waals surface area contributed by atoms with Crippen LogP contribution in [-0.2, 0) is 16.7 Å². The van der Waals surface area contributed by atoms with Gasteiger partial charge in [-0.3, -0.25) is 9.88 Å². The summed E-state index contributed by atoms with van der Waals surface area (Å²) in [4.78, 5) is 16.0. The van der Waals surface area contributed by atoms with Crippen LogP contribution >= 0.6 is 12.4 Å². The summed E-state index contributed by atoms with van der Waals surface area (Å²) in [6.45, 7) is 12.2. The topological polar surface area (TPSA) is 60.4 Å². The predicted octanol–water partition coefficient (Wildman–Crippen LogP) is 4.21. The second-order valence-electron chi connectivity index (χ2n) is 8.57. The summed E-state index contributed by atoms with van der Waals surface area (Å²) in [5.41, 5.74) is 2.35. The number of aromatic nitrogens is 3. The lowest BCUT2D eigenvalue weighted by molar-refractivity contribution is 0.0382. The van der Waals surface area contributed by atoms with Crippen molar-refractivity contribution in [2.45, 2.75) is 52.5 Å². The molecule has 0 bridgehead atoms. The number of rotatable bonds is 9. The fourth-order valence-corrected chi connectivity index (χ4v) is 4.13. The number of aryl methyl sites for hydroxylation is 2. The number of likely N-dealkylation sites (tertiary alicyclic amines) is 1. The molecule has 0 saturated carbocycles. The molecule has 0 unspecified atom stereocenters. The number of hydrogen-bond acceptors (Lipinski definition) is 6. The van der Waals surface area contributed by atoms with Crippen molar-refractivity contribution in [2.24, 2.45) is 5.41 Å². The van der Waals surface area contributed by atoms with Gasteiger partial charge >= 0.3 is 0 Å². The Morgan fingerprint density at radius 3 is 2.67 bits per heavy atom. The quantitative estimate of drug-likeness (QED) is 0.589. The van der Waals surface area contributed by atoms with Gasteiger partial charge in [-0.05, 0) is 58.7 Å². The maximum Gasteiger partial charge on any atom is 0.216 e. The van der Waals surface area contributed by atoms with Gasteiger partial charge in [-0.2, -0.15) is 4.98 Å². The molecule has 3 heterocycles. The molecule has 30 heavy (non-hydrogen) atoms. The lowest BCUT2D eigenvalue weighted by atomic mass is 9.82. The van der Waals surface area contributed by atoms with Gasteiger partial charge in [0.1, 0.15) is 5.82 Å². The summed E-state index contributed by atoms with van der Waals surface area (Å²) in [7, 11) is 1.64. The number of pyridine rings is 1. The molecule has 1 aliphatic rings. The Hall–Kier alpha value is -1.76. The molecule has 0 spiro atoms. The van der Waals surface area contributed by atoms with Gasteiger partial charge < -0.3 is 9.47 Å². The molecular weight excluding hydrogens is 400 g/mol. The van der Waals surface area contributed by atoms with Gasteiger partial charge in [-0.1, -0.05) is 6.07 Å². The SMILES string of the molecule is CCOC[C@@]1(CCc2nccc(OC)n2)CCN(C(C)(C)c2ccc(C)nc2)C1.Cl. The van der Waals surface area contributed by atoms with Crippen LogP contribution in [0.1, 0.15) is 50.7 Å². The van der Waals surface area contributed by atoms with E-state index in [0.29, 0.717) is 5.88 Å². The van der Waals surface area contributed by atoms with Crippen LogP contribution in [-0.4, -0.2) is 53.3 Å². The van der Waals surface area contributed by atoms with Gasteiger partial charge in [0, 0.05) is 54.7 Å². The minimum atomic E-state index is -0.0683. The standard InChI is InChI=1S/C23H34N4O2.ClH/c1-6-29-17-23(11-9-20-24-13-10-21(26-20)28-5)12-14-27(16-23)22(3,4)19-8-7-18(2)25-15-19;/h7-8,10,13,15H,6,9,11-12,14,16-17H2,1-5H3;1H/t23-;/m0./s1. The summed E-state index contributed by atoms with van der Waals surface area (Å²) in [5, 5.41) is 0. The van der Waals surface area contributed by atoms with Crippen LogP contribution in [0.25, 0.3) is 0 Å². The fraction of sp³-hybridized carbons (Fsp3) is 0.609. The van der Waals surface area contributed by atoms with Crippen LogP contribution in [0.2, 0.25) is 0 Å². The van der Waals surface area contributed by atoms with Crippen molar-refractivity contribution in [3.63, 3.8) is 0 Å². The largest absolute Gasteiger partial charge is 0.481 e. The van der Waals surface area contributed by atoms with Crippen LogP contribution in [0.4, 0.5) is 0 Å². The second-order valence-corrected chi connectivity index (χ2v) is 8.57. The van der Waals surface area contributed by atoms with E-state index in [1.54, 1.807) is 19.4 Å². The Morgan fingerprint density at radius 1 is 1.20 bits per heavy atom. The van der Waals surface area contributed by atoms with Gasteiger partial charge in [0.15, 0.2) is 0 Å².